The monoisotopic (exact) mass is 1580 g/mol. The molecule has 0 unspecified atom stereocenters. The number of esters is 2. The molecule has 0 aliphatic carbocycles. The van der Waals surface area contributed by atoms with E-state index in [1.165, 1.54) is 18.1 Å². The molecule has 4 rings (SSSR count). The molecule has 0 saturated carbocycles. The lowest BCUT2D eigenvalue weighted by Crippen LogP contribution is -2.56. The summed E-state index contributed by atoms with van der Waals surface area (Å²) in [5.74, 6) is -0.157. The first-order valence-electron chi connectivity index (χ1n) is 27.2. The number of hydrogen-bond donors (Lipinski definition) is 0. The van der Waals surface area contributed by atoms with Gasteiger partial charge in [-0.05, 0) is 135 Å². The van der Waals surface area contributed by atoms with E-state index in [0.717, 1.165) is 33.4 Å². The van der Waals surface area contributed by atoms with Gasteiger partial charge in [0.25, 0.3) is 0 Å². The number of carbonyl (C=O) groups excluding carboxylic acids is 2. The highest BCUT2D eigenvalue weighted by Gasteiger charge is 2.56. The molecule has 25 nitrogen and oxygen atoms in total. The SMILES string of the molecule is CC(=O)OCc1ccccc1CC[Si](C)(C)O[SiH2][Si](=O)[Si](=O)[Si](=O)[Si](=O)[Si](=O)[Si](=O)[Si](=O)[Si](=O)[Si](=O)[Si](=O)[Si](=O)[Si](=O)[Si](=O)[Si](=O)[Si](=O)[Si](=O)[Si](=O)[Si](=O)O[Si](C)(C)CCc1cccc(OCCC(=O)Oc2ccc(C(C)(C)c3ccc(C)c(C)c3)cc2C)c1. The van der Waals surface area contributed by atoms with Gasteiger partial charge in [-0.1, -0.05) is 80.6 Å². The van der Waals surface area contributed by atoms with Gasteiger partial charge < -0.3 is 103 Å². The third-order valence-corrected chi connectivity index (χ3v) is 162. The van der Waals surface area contributed by atoms with E-state index in [4.69, 9.17) is 22.4 Å². The van der Waals surface area contributed by atoms with Gasteiger partial charge in [0, 0.05) is 12.3 Å². The molecule has 0 aromatic heterocycles. The molecule has 0 saturated heterocycles. The molecule has 470 valence electrons. The molecule has 46 heteroatoms. The van der Waals surface area contributed by atoms with Gasteiger partial charge in [0.15, 0.2) is 8.32 Å². The van der Waals surface area contributed by atoms with Gasteiger partial charge in [-0.2, -0.15) is 0 Å². The maximum absolute atomic E-state index is 13.2. The summed E-state index contributed by atoms with van der Waals surface area (Å²) < 4.78 is 263. The highest BCUT2D eigenvalue weighted by molar-refractivity contribution is 7.82. The van der Waals surface area contributed by atoms with E-state index < -0.39 is 178 Å². The molecule has 4 aromatic rings. The van der Waals surface area contributed by atoms with E-state index in [1.54, 1.807) is 74.7 Å². The maximum atomic E-state index is 13.2. The molecule has 0 bridgehead atoms. The summed E-state index contributed by atoms with van der Waals surface area (Å²) in [7, 11) is -83.7. The standard InChI is InChI=1S/C44H60O25Si21/c1-32-18-19-39(28-33(32)2)44(5,6)40-20-21-42(34(3)29-40)67-43(46)22-25-65-41-17-13-14-36(30-41)23-26-90(9,10)69-71(47)73(49)75(51)77(53)79(55)81(57)83(59)85(61)87(63)88(64)86(62)84(60)82(58)80(56)78(54)76(52)74(50)72(48)70-68-89(7,8)27-24-37-15-11-12-16-38(37)31-66-35(4)45/h11-21,28-30H,22-27,31,70H2,1-10H3. The summed E-state index contributed by atoms with van der Waals surface area (Å²) in [5.41, 5.74) is 7.39. The second-order valence-corrected chi connectivity index (χ2v) is 120. The lowest BCUT2D eigenvalue weighted by Gasteiger charge is -2.27. The molecule has 0 spiro atoms. The molecule has 0 radical (unpaired) electrons. The molecule has 0 heterocycles. The van der Waals surface area contributed by atoms with E-state index in [9.17, 15) is 89.9 Å². The quantitative estimate of drug-likeness (QED) is 0.0339. The van der Waals surface area contributed by atoms with Crippen LogP contribution in [0.2, 0.25) is 38.3 Å². The van der Waals surface area contributed by atoms with Crippen molar-refractivity contribution < 1.29 is 112 Å². The lowest BCUT2D eigenvalue weighted by molar-refractivity contribution is -0.142. The average Bonchev–Trinajstić information content (AvgIpc) is 0.929. The third kappa shape index (κ3) is 22.5. The van der Waals surface area contributed by atoms with Gasteiger partial charge >= 0.3 is 152 Å². The van der Waals surface area contributed by atoms with E-state index in [2.05, 4.69) is 45.9 Å². The van der Waals surface area contributed by atoms with Crippen molar-refractivity contribution in [2.75, 3.05) is 6.61 Å². The fourth-order valence-corrected chi connectivity index (χ4v) is 222. The molecular weight excluding hydrogens is 1520 g/mol. The highest BCUT2D eigenvalue weighted by Crippen LogP contribution is 2.35. The summed E-state index contributed by atoms with van der Waals surface area (Å²) in [5, 5.41) is 0. The Hall–Kier alpha value is -3.67. The molecule has 0 atom stereocenters. The van der Waals surface area contributed by atoms with Crippen molar-refractivity contribution in [3.05, 3.63) is 129 Å². The molecule has 0 N–H and O–H groups in total. The predicted octanol–water partition coefficient (Wildman–Crippen LogP) is 0.610. The van der Waals surface area contributed by atoms with Crippen LogP contribution in [-0.2, 0) is 128 Å². The summed E-state index contributed by atoms with van der Waals surface area (Å²) in [4.78, 5) is 24.2. The number of aryl methyl sites for hydroxylation is 5. The Morgan fingerprint density at radius 1 is 0.489 bits per heavy atom. The van der Waals surface area contributed by atoms with Crippen LogP contribution in [0.4, 0.5) is 0 Å². The van der Waals surface area contributed by atoms with Crippen LogP contribution in [-0.4, -0.2) is 184 Å². The minimum Gasteiger partial charge on any atom is -0.578 e. The zero-order chi connectivity index (χ0) is 67.9. The van der Waals surface area contributed by atoms with Gasteiger partial charge in [0.1, 0.15) is 18.1 Å². The number of benzene rings is 4. The first-order chi connectivity index (χ1) is 41.8. The van der Waals surface area contributed by atoms with E-state index in [1.807, 2.05) is 25.1 Å². The Bertz CT molecular complexity index is 3850. The van der Waals surface area contributed by atoms with E-state index in [-0.39, 0.29) is 31.1 Å². The van der Waals surface area contributed by atoms with Gasteiger partial charge in [0.05, 0.1) is 13.0 Å². The van der Waals surface area contributed by atoms with Crippen LogP contribution in [0.5, 0.6) is 11.5 Å². The maximum Gasteiger partial charge on any atom is 0.532 e. The van der Waals surface area contributed by atoms with Crippen molar-refractivity contribution in [2.45, 2.75) is 111 Å². The van der Waals surface area contributed by atoms with Crippen LogP contribution in [0.15, 0.2) is 84.9 Å². The van der Waals surface area contributed by atoms with E-state index in [0.29, 0.717) is 30.4 Å². The highest BCUT2D eigenvalue weighted by atomic mass is 30.1. The molecule has 90 heavy (non-hydrogen) atoms. The Labute approximate surface area is 543 Å². The van der Waals surface area contributed by atoms with Crippen molar-refractivity contribution in [3.8, 4) is 11.5 Å². The number of hydrogen-bond acceptors (Lipinski definition) is 25. The minimum atomic E-state index is -4.49. The number of carbonyl (C=O) groups is 2. The van der Waals surface area contributed by atoms with Gasteiger partial charge in [0.2, 0.25) is 17.6 Å². The van der Waals surface area contributed by atoms with Crippen LogP contribution < -0.4 is 9.47 Å². The zero-order valence-electron chi connectivity index (χ0n) is 50.4. The van der Waals surface area contributed by atoms with Crippen molar-refractivity contribution in [1.29, 1.82) is 0 Å². The predicted molar refractivity (Wildman–Crippen MR) is 342 cm³/mol. The first-order valence-corrected chi connectivity index (χ1v) is 78.6. The molecule has 0 aliphatic heterocycles. The molecule has 0 aliphatic rings. The fourth-order valence-electron chi connectivity index (χ4n) is 8.08. The van der Waals surface area contributed by atoms with Crippen molar-refractivity contribution in [1.82, 2.24) is 0 Å². The molecular formula is C44H60O25Si21. The van der Waals surface area contributed by atoms with Crippen LogP contribution in [0.1, 0.15) is 71.7 Å². The summed E-state index contributed by atoms with van der Waals surface area (Å²) in [6.45, 7) is 18.2. The largest absolute Gasteiger partial charge is 0.578 e. The Balaban J connectivity index is 1.23. The van der Waals surface area contributed by atoms with Crippen molar-refractivity contribution >= 4 is 178 Å². The van der Waals surface area contributed by atoms with Crippen LogP contribution >= 0.6 is 0 Å². The molecule has 4 aromatic carbocycles. The van der Waals surface area contributed by atoms with Crippen LogP contribution in [0, 0.1) is 20.8 Å². The smallest absolute Gasteiger partial charge is 0.532 e. The Kier molecular flexibility index (Phi) is 30.8. The number of ether oxygens (including phenoxy) is 3. The first kappa shape index (κ1) is 78.8. The molecule has 0 fully saturated rings. The summed E-state index contributed by atoms with van der Waals surface area (Å²) >= 11 is 0. The topological polar surface area (TPSA) is 388 Å². The summed E-state index contributed by atoms with van der Waals surface area (Å²) in [6.07, 6.45) is 0.687. The lowest BCUT2D eigenvalue weighted by atomic mass is 9.77. The van der Waals surface area contributed by atoms with Gasteiger partial charge in [-0.25, -0.2) is 0 Å². The fraction of sp³-hybridized carbons (Fsp3) is 0.409. The third-order valence-electron chi connectivity index (χ3n) is 13.9. The molecule has 0 amide bonds. The average molecular weight is 1580 g/mol. The normalized spacial score (nSPS) is 11.3. The second-order valence-electron chi connectivity index (χ2n) is 22.1. The second kappa shape index (κ2) is 35.2. The van der Waals surface area contributed by atoms with Gasteiger partial charge in [-0.3, -0.25) is 9.59 Å². The van der Waals surface area contributed by atoms with Crippen molar-refractivity contribution in [3.63, 3.8) is 0 Å². The van der Waals surface area contributed by atoms with Crippen LogP contribution in [0.3, 0.4) is 0 Å². The summed E-state index contributed by atoms with van der Waals surface area (Å²) in [6, 6.07) is 26.7. The van der Waals surface area contributed by atoms with Crippen LogP contribution in [0.25, 0.3) is 0 Å². The van der Waals surface area contributed by atoms with E-state index >= 15 is 0 Å². The minimum absolute atomic E-state index is 0.0202. The van der Waals surface area contributed by atoms with Gasteiger partial charge in [-0.15, -0.1) is 0 Å². The zero-order valence-corrected chi connectivity index (χ0v) is 71.9. The Morgan fingerprint density at radius 3 is 1.43 bits per heavy atom. The van der Waals surface area contributed by atoms with Crippen molar-refractivity contribution in [2.24, 2.45) is 0 Å². The number of rotatable bonds is 37. The Morgan fingerprint density at radius 2 is 0.944 bits per heavy atom.